The summed E-state index contributed by atoms with van der Waals surface area (Å²) in [7, 11) is 0. The molecule has 0 saturated carbocycles. The fourth-order valence-electron chi connectivity index (χ4n) is 7.69. The van der Waals surface area contributed by atoms with Crippen molar-refractivity contribution in [3.8, 4) is 22.3 Å². The molecule has 0 N–H and O–H groups in total. The van der Waals surface area contributed by atoms with E-state index in [0.29, 0.717) is 0 Å². The van der Waals surface area contributed by atoms with Crippen LogP contribution >= 0.6 is 11.3 Å². The van der Waals surface area contributed by atoms with Gasteiger partial charge in [0.2, 0.25) is 0 Å². The van der Waals surface area contributed by atoms with Crippen molar-refractivity contribution in [3.63, 3.8) is 0 Å². The van der Waals surface area contributed by atoms with Gasteiger partial charge in [-0.1, -0.05) is 146 Å². The van der Waals surface area contributed by atoms with Crippen LogP contribution in [0, 0.1) is 0 Å². The van der Waals surface area contributed by atoms with Gasteiger partial charge in [-0.2, -0.15) is 0 Å². The molecule has 2 heteroatoms. The Morgan fingerprint density at radius 2 is 0.920 bits per heavy atom. The van der Waals surface area contributed by atoms with Crippen LogP contribution in [0.25, 0.3) is 74.7 Å². The van der Waals surface area contributed by atoms with E-state index in [9.17, 15) is 0 Å². The highest BCUT2D eigenvalue weighted by Crippen LogP contribution is 2.45. The van der Waals surface area contributed by atoms with Gasteiger partial charge in [0.15, 0.2) is 0 Å². The molecule has 1 aromatic heterocycles. The van der Waals surface area contributed by atoms with Crippen molar-refractivity contribution in [1.29, 1.82) is 0 Å². The summed E-state index contributed by atoms with van der Waals surface area (Å²) in [6.07, 6.45) is 0. The Kier molecular flexibility index (Phi) is 6.75. The predicted octanol–water partition coefficient (Wildman–Crippen LogP) is 14.3. The van der Waals surface area contributed by atoms with Crippen molar-refractivity contribution in [3.05, 3.63) is 188 Å². The van der Waals surface area contributed by atoms with Crippen LogP contribution in [-0.4, -0.2) is 0 Å². The number of hydrogen-bond acceptors (Lipinski definition) is 2. The Morgan fingerprint density at radius 3 is 1.70 bits per heavy atom. The fraction of sp³-hybridized carbons (Fsp3) is 0. The van der Waals surface area contributed by atoms with Crippen LogP contribution in [0.5, 0.6) is 0 Å². The van der Waals surface area contributed by atoms with Gasteiger partial charge >= 0.3 is 0 Å². The summed E-state index contributed by atoms with van der Waals surface area (Å²) >= 11 is 1.87. The van der Waals surface area contributed by atoms with E-state index < -0.39 is 0 Å². The van der Waals surface area contributed by atoms with E-state index in [1.54, 1.807) is 0 Å². The molecule has 0 amide bonds. The van der Waals surface area contributed by atoms with Crippen LogP contribution in [-0.2, 0) is 0 Å². The highest BCUT2D eigenvalue weighted by atomic mass is 32.1. The summed E-state index contributed by atoms with van der Waals surface area (Å²) < 4.78 is 2.65. The van der Waals surface area contributed by atoms with Gasteiger partial charge in [-0.3, -0.25) is 0 Å². The van der Waals surface area contributed by atoms with Crippen LogP contribution in [0.3, 0.4) is 0 Å². The summed E-state index contributed by atoms with van der Waals surface area (Å²) in [5, 5.41) is 10.2. The van der Waals surface area contributed by atoms with E-state index >= 15 is 0 Å². The number of benzene rings is 9. The first-order valence-corrected chi connectivity index (χ1v) is 17.9. The molecule has 0 aliphatic heterocycles. The van der Waals surface area contributed by atoms with E-state index in [-0.39, 0.29) is 0 Å². The first kappa shape index (κ1) is 28.8. The van der Waals surface area contributed by atoms with Gasteiger partial charge in [-0.05, 0) is 91.6 Å². The van der Waals surface area contributed by atoms with Gasteiger partial charge in [-0.25, -0.2) is 0 Å². The molecule has 0 spiro atoms. The molecule has 0 unspecified atom stereocenters. The first-order chi connectivity index (χ1) is 24.8. The molecule has 10 aromatic rings. The molecule has 0 aliphatic rings. The SMILES string of the molecule is c1ccc(-c2ccc(N(c3ccc(-c4cccc5sc6ccccc6c45)cc3)c3cc4c5ccccc5ccc4c4ccccc34)cc2)cc1. The van der Waals surface area contributed by atoms with Gasteiger partial charge in [-0.15, -0.1) is 11.3 Å². The molecular weight excluding hydrogens is 623 g/mol. The third-order valence-corrected chi connectivity index (χ3v) is 11.2. The van der Waals surface area contributed by atoms with Crippen LogP contribution in [0.2, 0.25) is 0 Å². The maximum absolute atomic E-state index is 2.43. The summed E-state index contributed by atoms with van der Waals surface area (Å²) in [4.78, 5) is 2.43. The minimum Gasteiger partial charge on any atom is -0.310 e. The Hall–Kier alpha value is -6.22. The van der Waals surface area contributed by atoms with Crippen molar-refractivity contribution in [2.24, 2.45) is 0 Å². The van der Waals surface area contributed by atoms with E-state index in [2.05, 4.69) is 193 Å². The minimum absolute atomic E-state index is 1.12. The highest BCUT2D eigenvalue weighted by Gasteiger charge is 2.19. The van der Waals surface area contributed by atoms with E-state index in [4.69, 9.17) is 0 Å². The molecule has 50 heavy (non-hydrogen) atoms. The maximum atomic E-state index is 2.43. The van der Waals surface area contributed by atoms with Crippen molar-refractivity contribution >= 4 is 80.9 Å². The Morgan fingerprint density at radius 1 is 0.340 bits per heavy atom. The molecule has 234 valence electrons. The average Bonchev–Trinajstić information content (AvgIpc) is 3.58. The standard InChI is InChI=1S/C48H31NS/c1-2-11-32(12-3-1)33-21-26-36(27-22-33)49(45-31-44-38-14-5-4-13-34(38)25-30-41(44)40-15-6-7-16-42(40)45)37-28-23-35(24-29-37)39-18-10-20-47-48(39)43-17-8-9-19-46(43)50-47/h1-31H. The van der Waals surface area contributed by atoms with Gasteiger partial charge < -0.3 is 4.90 Å². The van der Waals surface area contributed by atoms with Crippen molar-refractivity contribution in [2.45, 2.75) is 0 Å². The van der Waals surface area contributed by atoms with E-state index in [0.717, 1.165) is 17.1 Å². The van der Waals surface area contributed by atoms with Crippen LogP contribution in [0.15, 0.2) is 188 Å². The summed E-state index contributed by atoms with van der Waals surface area (Å²) in [5.41, 5.74) is 8.31. The number of thiophene rings is 1. The molecule has 0 radical (unpaired) electrons. The van der Waals surface area contributed by atoms with E-state index in [1.807, 2.05) is 11.3 Å². The van der Waals surface area contributed by atoms with Gasteiger partial charge in [0, 0.05) is 36.9 Å². The molecule has 1 heterocycles. The molecule has 0 saturated heterocycles. The lowest BCUT2D eigenvalue weighted by atomic mass is 9.95. The normalized spacial score (nSPS) is 11.6. The zero-order valence-corrected chi connectivity index (χ0v) is 28.1. The minimum atomic E-state index is 1.12. The molecule has 9 aromatic carbocycles. The second-order valence-corrected chi connectivity index (χ2v) is 14.0. The second kappa shape index (κ2) is 11.7. The molecular formula is C48H31NS. The number of rotatable bonds is 5. The zero-order chi connectivity index (χ0) is 33.0. The van der Waals surface area contributed by atoms with Gasteiger partial charge in [0.25, 0.3) is 0 Å². The van der Waals surface area contributed by atoms with Crippen molar-refractivity contribution < 1.29 is 0 Å². The topological polar surface area (TPSA) is 3.24 Å². The number of hydrogen-bond donors (Lipinski definition) is 0. The molecule has 0 bridgehead atoms. The van der Waals surface area contributed by atoms with Gasteiger partial charge in [0.1, 0.15) is 0 Å². The van der Waals surface area contributed by atoms with Crippen molar-refractivity contribution in [1.82, 2.24) is 0 Å². The fourth-order valence-corrected chi connectivity index (χ4v) is 8.83. The van der Waals surface area contributed by atoms with Crippen LogP contribution in [0.1, 0.15) is 0 Å². The Balaban J connectivity index is 1.19. The largest absolute Gasteiger partial charge is 0.310 e. The predicted molar refractivity (Wildman–Crippen MR) is 217 cm³/mol. The lowest BCUT2D eigenvalue weighted by Gasteiger charge is -2.28. The second-order valence-electron chi connectivity index (χ2n) is 12.9. The Labute approximate surface area is 294 Å². The summed E-state index contributed by atoms with van der Waals surface area (Å²) in [6, 6.07) is 68.7. The average molecular weight is 654 g/mol. The van der Waals surface area contributed by atoms with Crippen LogP contribution in [0.4, 0.5) is 17.1 Å². The van der Waals surface area contributed by atoms with Crippen molar-refractivity contribution in [2.75, 3.05) is 4.90 Å². The zero-order valence-electron chi connectivity index (χ0n) is 27.3. The molecule has 0 atom stereocenters. The quantitative estimate of drug-likeness (QED) is 0.167. The third kappa shape index (κ3) is 4.69. The first-order valence-electron chi connectivity index (χ1n) is 17.1. The highest BCUT2D eigenvalue weighted by molar-refractivity contribution is 7.25. The monoisotopic (exact) mass is 653 g/mol. The number of nitrogens with zero attached hydrogens (tertiary/aromatic N) is 1. The number of anilines is 3. The lowest BCUT2D eigenvalue weighted by molar-refractivity contribution is 1.30. The van der Waals surface area contributed by atoms with Gasteiger partial charge in [0.05, 0.1) is 5.69 Å². The molecule has 1 nitrogen and oxygen atoms in total. The van der Waals surface area contributed by atoms with E-state index in [1.165, 1.54) is 74.7 Å². The lowest BCUT2D eigenvalue weighted by Crippen LogP contribution is -2.10. The maximum Gasteiger partial charge on any atom is 0.0546 e. The third-order valence-electron chi connectivity index (χ3n) is 10.1. The molecule has 10 rings (SSSR count). The smallest absolute Gasteiger partial charge is 0.0546 e. The van der Waals surface area contributed by atoms with Crippen LogP contribution < -0.4 is 4.90 Å². The molecule has 0 aliphatic carbocycles. The Bertz CT molecular complexity index is 2850. The molecule has 0 fully saturated rings. The summed E-state index contributed by atoms with van der Waals surface area (Å²) in [5.74, 6) is 0. The summed E-state index contributed by atoms with van der Waals surface area (Å²) in [6.45, 7) is 0. The number of fused-ring (bicyclic) bond motifs is 8.